The number of aromatic nitrogens is 2. The first-order chi connectivity index (χ1) is 19.7. The average molecular weight is 575 g/mol. The molecule has 0 atom stereocenters. The molecule has 0 bridgehead atoms. The van der Waals surface area contributed by atoms with Crippen molar-refractivity contribution < 1.29 is 8.81 Å². The molecule has 0 aliphatic carbocycles. The van der Waals surface area contributed by atoms with Gasteiger partial charge in [-0.05, 0) is 37.5 Å². The Morgan fingerprint density at radius 2 is 1.23 bits per heavy atom. The molecule has 4 rings (SSSR count). The predicted molar refractivity (Wildman–Crippen MR) is 177 cm³/mol. The Morgan fingerprint density at radius 3 is 1.82 bits per heavy atom. The highest BCUT2D eigenvalue weighted by Crippen LogP contribution is 2.24. The summed E-state index contributed by atoms with van der Waals surface area (Å²) in [7, 11) is 0. The van der Waals surface area contributed by atoms with Crippen LogP contribution < -0.4 is 13.5 Å². The standard InChI is InChI=1S/C36H50N2S2/c1-4-7-8-9-10-11-12-13-14-15-16-17-18-23-30(28-35-37(5-2)31-24-19-21-26-33(31)39-35)29-36-38(6-3)32-25-20-22-27-34(32)40-36/h5,19-22,24-29H,4,6-18,23H2,1-3H3/q+2/b30-29?,35-28-,37-5?. The number of aryl methyl sites for hydroxylation is 1. The van der Waals surface area contributed by atoms with Crippen LogP contribution in [-0.4, -0.2) is 0 Å². The molecule has 4 aromatic rings. The van der Waals surface area contributed by atoms with Crippen LogP contribution in [0.2, 0.25) is 0 Å². The normalized spacial score (nSPS) is 13.3. The van der Waals surface area contributed by atoms with Gasteiger partial charge in [0, 0.05) is 31.2 Å². The number of unbranched alkanes of at least 4 members (excludes halogenated alkanes) is 12. The zero-order valence-corrected chi connectivity index (χ0v) is 26.8. The lowest BCUT2D eigenvalue weighted by Crippen LogP contribution is -2.33. The summed E-state index contributed by atoms with van der Waals surface area (Å²) in [6.07, 6.45) is 26.4. The number of nitrogens with zero attached hydrogens (tertiary/aromatic N) is 2. The van der Waals surface area contributed by atoms with Gasteiger partial charge in [0.15, 0.2) is 0 Å². The van der Waals surface area contributed by atoms with Gasteiger partial charge in [0.25, 0.3) is 9.67 Å². The molecule has 0 N–H and O–H groups in total. The van der Waals surface area contributed by atoms with E-state index in [2.05, 4.69) is 96.5 Å². The van der Waals surface area contributed by atoms with E-state index in [0.717, 1.165) is 13.0 Å². The number of benzene rings is 2. The minimum atomic E-state index is 0.994. The van der Waals surface area contributed by atoms with Crippen molar-refractivity contribution in [2.75, 3.05) is 0 Å². The third-order valence-corrected chi connectivity index (χ3v) is 10.2. The third-order valence-electron chi connectivity index (χ3n) is 7.97. The molecule has 2 nitrogen and oxygen atoms in total. The largest absolute Gasteiger partial charge is 0.268 e. The van der Waals surface area contributed by atoms with Crippen LogP contribution in [-0.2, 0) is 6.54 Å². The van der Waals surface area contributed by atoms with Gasteiger partial charge in [-0.1, -0.05) is 131 Å². The monoisotopic (exact) mass is 574 g/mol. The van der Waals surface area contributed by atoms with E-state index in [1.807, 2.05) is 22.7 Å². The fraction of sp³-hybridized carbons (Fsp3) is 0.500. The summed E-state index contributed by atoms with van der Waals surface area (Å²) < 4.78 is 8.86. The van der Waals surface area contributed by atoms with Gasteiger partial charge >= 0.3 is 0 Å². The second-order valence-electron chi connectivity index (χ2n) is 11.0. The molecule has 0 radical (unpaired) electrons. The van der Waals surface area contributed by atoms with Crippen molar-refractivity contribution in [3.05, 3.63) is 70.0 Å². The van der Waals surface area contributed by atoms with Gasteiger partial charge in [-0.25, -0.2) is 0 Å². The number of allylic oxidation sites excluding steroid dienone is 1. The quantitative estimate of drug-likeness (QED) is 0.0877. The van der Waals surface area contributed by atoms with Crippen LogP contribution >= 0.6 is 22.7 Å². The van der Waals surface area contributed by atoms with Gasteiger partial charge in [-0.15, -0.1) is 0 Å². The maximum atomic E-state index is 2.47. The second-order valence-corrected chi connectivity index (χ2v) is 13.2. The van der Waals surface area contributed by atoms with Crippen LogP contribution in [0.5, 0.6) is 0 Å². The molecule has 0 amide bonds. The van der Waals surface area contributed by atoms with E-state index in [1.165, 1.54) is 119 Å². The van der Waals surface area contributed by atoms with Crippen molar-refractivity contribution in [1.29, 1.82) is 0 Å². The van der Waals surface area contributed by atoms with Crippen molar-refractivity contribution in [2.24, 2.45) is 0 Å². The Balaban J connectivity index is 1.41. The Labute approximate surface area is 250 Å². The molecule has 0 aliphatic heterocycles. The molecule has 0 fully saturated rings. The van der Waals surface area contributed by atoms with Gasteiger partial charge in [-0.2, -0.15) is 8.81 Å². The van der Waals surface area contributed by atoms with Gasteiger partial charge in [-0.3, -0.25) is 0 Å². The molecule has 40 heavy (non-hydrogen) atoms. The maximum Gasteiger partial charge on any atom is 0.268 e. The fourth-order valence-electron chi connectivity index (χ4n) is 5.72. The number of rotatable bonds is 17. The number of hydrogen-bond acceptors (Lipinski definition) is 2. The van der Waals surface area contributed by atoms with Crippen LogP contribution in [0.1, 0.15) is 116 Å². The van der Waals surface area contributed by atoms with Crippen LogP contribution in [0, 0.1) is 6.21 Å². The van der Waals surface area contributed by atoms with Gasteiger partial charge < -0.3 is 0 Å². The van der Waals surface area contributed by atoms with E-state index in [0.29, 0.717) is 0 Å². The molecule has 2 heterocycles. The lowest BCUT2D eigenvalue weighted by atomic mass is 10.0. The van der Waals surface area contributed by atoms with Crippen molar-refractivity contribution >= 4 is 55.3 Å². The zero-order chi connectivity index (χ0) is 28.0. The number of fused-ring (bicyclic) bond motifs is 2. The smallest absolute Gasteiger partial charge is 0.182 e. The summed E-state index contributed by atoms with van der Waals surface area (Å²) in [6.45, 7) is 7.70. The van der Waals surface area contributed by atoms with E-state index in [1.54, 1.807) is 0 Å². The van der Waals surface area contributed by atoms with E-state index in [-0.39, 0.29) is 0 Å². The second kappa shape index (κ2) is 16.8. The molecule has 2 aromatic carbocycles. The number of thiazole rings is 2. The van der Waals surface area contributed by atoms with Gasteiger partial charge in [0.1, 0.15) is 22.2 Å². The Hall–Kier alpha value is -2.30. The molecular weight excluding hydrogens is 525 g/mol. The summed E-state index contributed by atoms with van der Waals surface area (Å²) in [4.78, 5) is 0. The molecule has 0 unspecified atom stereocenters. The maximum absolute atomic E-state index is 2.47. The Bertz CT molecular complexity index is 1470. The minimum Gasteiger partial charge on any atom is -0.182 e. The summed E-state index contributed by atoms with van der Waals surface area (Å²) in [5.41, 5.74) is 4.09. The lowest BCUT2D eigenvalue weighted by Gasteiger charge is -2.04. The van der Waals surface area contributed by atoms with E-state index >= 15 is 0 Å². The minimum absolute atomic E-state index is 0.994. The molecule has 0 saturated heterocycles. The summed E-state index contributed by atoms with van der Waals surface area (Å²) in [5, 5.41) is 1.36. The highest BCUT2D eigenvalue weighted by molar-refractivity contribution is 7.18. The summed E-state index contributed by atoms with van der Waals surface area (Å²) in [5.74, 6) is 0. The molecule has 0 saturated carbocycles. The van der Waals surface area contributed by atoms with Crippen molar-refractivity contribution in [3.63, 3.8) is 0 Å². The first-order valence-electron chi connectivity index (χ1n) is 15.9. The SMILES string of the molecule is CC=[n+]1/c(=C/C(=Cc2sc3ccccc3[n+]2CC)CCCCCCCCCCCCCCC)sc2ccccc21. The Kier molecular flexibility index (Phi) is 12.9. The number of hydrogen-bond donors (Lipinski definition) is 0. The molecule has 0 aliphatic rings. The van der Waals surface area contributed by atoms with Crippen LogP contribution in [0.3, 0.4) is 0 Å². The van der Waals surface area contributed by atoms with Crippen molar-refractivity contribution in [2.45, 2.75) is 117 Å². The first-order valence-corrected chi connectivity index (χ1v) is 17.6. The predicted octanol–water partition coefficient (Wildman–Crippen LogP) is 10.1. The van der Waals surface area contributed by atoms with Gasteiger partial charge in [0.05, 0.1) is 0 Å². The highest BCUT2D eigenvalue weighted by atomic mass is 32.1. The van der Waals surface area contributed by atoms with E-state index in [9.17, 15) is 0 Å². The molecule has 214 valence electrons. The number of para-hydroxylation sites is 2. The summed E-state index contributed by atoms with van der Waals surface area (Å²) in [6, 6.07) is 17.6. The molecular formula is C36H50N2S2+2. The van der Waals surface area contributed by atoms with Gasteiger partial charge in [0.2, 0.25) is 11.0 Å². The average Bonchev–Trinajstić information content (AvgIpc) is 3.51. The molecule has 0 spiro atoms. The molecule has 4 heteroatoms. The van der Waals surface area contributed by atoms with Crippen molar-refractivity contribution in [1.82, 2.24) is 0 Å². The fourth-order valence-corrected chi connectivity index (χ4v) is 8.08. The highest BCUT2D eigenvalue weighted by Gasteiger charge is 2.18. The third kappa shape index (κ3) is 8.60. The van der Waals surface area contributed by atoms with E-state index < -0.39 is 0 Å². The Morgan fingerprint density at radius 1 is 0.675 bits per heavy atom. The van der Waals surface area contributed by atoms with Crippen molar-refractivity contribution in [3.8, 4) is 0 Å². The van der Waals surface area contributed by atoms with Crippen LogP contribution in [0.25, 0.3) is 32.6 Å². The topological polar surface area (TPSA) is 9.78 Å². The summed E-state index contributed by atoms with van der Waals surface area (Å²) >= 11 is 3.82. The lowest BCUT2D eigenvalue weighted by molar-refractivity contribution is -0.665. The molecule has 2 aromatic heterocycles. The zero-order valence-electron chi connectivity index (χ0n) is 25.2. The first kappa shape index (κ1) is 30.7. The van der Waals surface area contributed by atoms with Crippen LogP contribution in [0.15, 0.2) is 54.1 Å². The van der Waals surface area contributed by atoms with E-state index in [4.69, 9.17) is 0 Å². The van der Waals surface area contributed by atoms with Crippen LogP contribution in [0.4, 0.5) is 0 Å².